The summed E-state index contributed by atoms with van der Waals surface area (Å²) in [6.07, 6.45) is 3.46. The first-order valence-electron chi connectivity index (χ1n) is 26.6. The Hall–Kier alpha value is -6.00. The molecule has 0 N–H and O–H groups in total. The summed E-state index contributed by atoms with van der Waals surface area (Å²) in [4.78, 5) is 7.84. The molecule has 11 rings (SSSR count). The van der Waals surface area contributed by atoms with Gasteiger partial charge < -0.3 is 14.7 Å². The molecular formula is C67H76BN3. The average Bonchev–Trinajstić information content (AvgIpc) is 3.49. The zero-order chi connectivity index (χ0) is 50.5. The molecule has 0 spiro atoms. The van der Waals surface area contributed by atoms with Crippen molar-refractivity contribution in [1.29, 1.82) is 0 Å². The zero-order valence-electron chi connectivity index (χ0n) is 45.7. The number of hydrogen-bond donors (Lipinski definition) is 0. The van der Waals surface area contributed by atoms with Crippen LogP contribution in [0.5, 0.6) is 0 Å². The lowest BCUT2D eigenvalue weighted by Crippen LogP contribution is -2.62. The first-order chi connectivity index (χ1) is 33.3. The van der Waals surface area contributed by atoms with Crippen LogP contribution in [-0.4, -0.2) is 6.71 Å². The lowest BCUT2D eigenvalue weighted by molar-refractivity contribution is 0.332. The van der Waals surface area contributed by atoms with E-state index in [0.717, 1.165) is 29.9 Å². The van der Waals surface area contributed by atoms with E-state index in [2.05, 4.69) is 259 Å². The van der Waals surface area contributed by atoms with Gasteiger partial charge in [-0.3, -0.25) is 0 Å². The van der Waals surface area contributed by atoms with Crippen molar-refractivity contribution in [3.8, 4) is 0 Å². The van der Waals surface area contributed by atoms with Crippen LogP contribution in [0.3, 0.4) is 0 Å². The maximum absolute atomic E-state index is 2.70. The van der Waals surface area contributed by atoms with E-state index in [1.54, 1.807) is 0 Å². The Bertz CT molecular complexity index is 3250. The van der Waals surface area contributed by atoms with Gasteiger partial charge in [0.1, 0.15) is 0 Å². The summed E-state index contributed by atoms with van der Waals surface area (Å²) < 4.78 is 0. The number of hydrogen-bond acceptors (Lipinski definition) is 3. The van der Waals surface area contributed by atoms with Gasteiger partial charge in [-0.05, 0) is 199 Å². The van der Waals surface area contributed by atoms with Crippen LogP contribution in [0.25, 0.3) is 0 Å². The highest BCUT2D eigenvalue weighted by Gasteiger charge is 2.49. The Kier molecular flexibility index (Phi) is 10.5. The van der Waals surface area contributed by atoms with E-state index in [1.807, 2.05) is 0 Å². The summed E-state index contributed by atoms with van der Waals surface area (Å²) in [5.74, 6) is 0. The number of fused-ring (bicyclic) bond motifs is 6. The third-order valence-corrected chi connectivity index (χ3v) is 17.4. The first kappa shape index (κ1) is 47.3. The number of benzene rings is 7. The molecule has 0 atom stereocenters. The molecule has 0 bridgehead atoms. The Labute approximate surface area is 427 Å². The maximum Gasteiger partial charge on any atom is 0.252 e. The summed E-state index contributed by atoms with van der Waals surface area (Å²) >= 11 is 0. The maximum atomic E-state index is 2.70. The van der Waals surface area contributed by atoms with Gasteiger partial charge in [-0.15, -0.1) is 0 Å². The normalized spacial score (nSPS) is 17.8. The van der Waals surface area contributed by atoms with E-state index >= 15 is 0 Å². The number of rotatable bonds is 5. The fourth-order valence-electron chi connectivity index (χ4n) is 13.5. The number of aryl methyl sites for hydroxylation is 2. The van der Waals surface area contributed by atoms with Crippen molar-refractivity contribution >= 4 is 74.3 Å². The molecule has 0 fully saturated rings. The van der Waals surface area contributed by atoms with Crippen LogP contribution in [0.1, 0.15) is 161 Å². The Morgan fingerprint density at radius 2 is 0.873 bits per heavy atom. The van der Waals surface area contributed by atoms with Crippen molar-refractivity contribution in [3.05, 3.63) is 178 Å². The van der Waals surface area contributed by atoms with E-state index in [-0.39, 0.29) is 39.2 Å². The highest BCUT2D eigenvalue weighted by molar-refractivity contribution is 7.00. The van der Waals surface area contributed by atoms with E-state index < -0.39 is 0 Å². The summed E-state index contributed by atoms with van der Waals surface area (Å²) in [7, 11) is 0. The van der Waals surface area contributed by atoms with Gasteiger partial charge in [-0.1, -0.05) is 158 Å². The molecule has 0 amide bonds. The summed E-state index contributed by atoms with van der Waals surface area (Å²) in [5.41, 5.74) is 26.6. The molecule has 3 nitrogen and oxygen atoms in total. The van der Waals surface area contributed by atoms with Crippen molar-refractivity contribution in [2.75, 3.05) is 14.7 Å². The van der Waals surface area contributed by atoms with E-state index in [0.29, 0.717) is 0 Å². The molecule has 362 valence electrons. The van der Waals surface area contributed by atoms with Gasteiger partial charge in [0.2, 0.25) is 0 Å². The SMILES string of the molecule is Cc1cc(C(C)(C)C)ccc1N1c2cc3c(cc2B2c4cc(N(c5ccccc5)c5ccccc5)ccc4N(c4cc5c(cc4C)C(C)(C)CCC5(C)C)c4cc(C(C)(C)C)cc1c42)C(C)(C)CC3(C)C. The highest BCUT2D eigenvalue weighted by Crippen LogP contribution is 2.55. The van der Waals surface area contributed by atoms with Gasteiger partial charge in [0.05, 0.1) is 0 Å². The molecule has 2 aliphatic heterocycles. The molecule has 0 radical (unpaired) electrons. The highest BCUT2D eigenvalue weighted by atomic mass is 15.2. The average molecular weight is 934 g/mol. The third kappa shape index (κ3) is 7.51. The fourth-order valence-corrected chi connectivity index (χ4v) is 13.5. The lowest BCUT2D eigenvalue weighted by Gasteiger charge is -2.47. The van der Waals surface area contributed by atoms with Gasteiger partial charge in [-0.25, -0.2) is 0 Å². The standard InChI is InChI=1S/C67H76BN3/c1-42-33-44(62(3,4)5)27-29-55(42)70-58-40-52-50(66(13,14)41-67(52,15)16)38-54(58)68-53-37-48(69(46-23-19-17-20-24-46)47-25-21-18-22-26-47)28-30-56(53)71(60-36-45(63(6,7)8)35-59(70)61(60)68)57-39-51-49(34-43(57)2)64(9,10)31-32-65(51,11)12/h17-30,33-40H,31-32,41H2,1-16H3. The molecule has 4 aliphatic rings. The molecule has 0 unspecified atom stereocenters. The van der Waals surface area contributed by atoms with Crippen LogP contribution < -0.4 is 31.1 Å². The van der Waals surface area contributed by atoms with Crippen LogP contribution in [-0.2, 0) is 32.5 Å². The Morgan fingerprint density at radius 3 is 1.42 bits per heavy atom. The van der Waals surface area contributed by atoms with Crippen LogP contribution in [0.2, 0.25) is 0 Å². The minimum absolute atomic E-state index is 0.0196. The van der Waals surface area contributed by atoms with Crippen LogP contribution in [0.4, 0.5) is 51.2 Å². The summed E-state index contributed by atoms with van der Waals surface area (Å²) in [6, 6.07) is 52.2. The smallest absolute Gasteiger partial charge is 0.252 e. The molecule has 71 heavy (non-hydrogen) atoms. The topological polar surface area (TPSA) is 9.72 Å². The van der Waals surface area contributed by atoms with Gasteiger partial charge in [0, 0.05) is 51.2 Å². The van der Waals surface area contributed by atoms with Crippen molar-refractivity contribution in [2.45, 2.75) is 163 Å². The first-order valence-corrected chi connectivity index (χ1v) is 26.6. The lowest BCUT2D eigenvalue weighted by atomic mass is 9.33. The molecule has 2 heterocycles. The molecule has 2 aliphatic carbocycles. The molecule has 4 heteroatoms. The molecule has 0 aromatic heterocycles. The second kappa shape index (κ2) is 15.8. The van der Waals surface area contributed by atoms with Gasteiger partial charge >= 0.3 is 0 Å². The van der Waals surface area contributed by atoms with E-state index in [1.165, 1.54) is 101 Å². The van der Waals surface area contributed by atoms with Gasteiger partial charge in [0.15, 0.2) is 0 Å². The molecule has 0 saturated carbocycles. The number of para-hydroxylation sites is 2. The minimum Gasteiger partial charge on any atom is -0.311 e. The minimum atomic E-state index is -0.124. The van der Waals surface area contributed by atoms with Crippen LogP contribution >= 0.6 is 0 Å². The summed E-state index contributed by atoms with van der Waals surface area (Å²) in [5, 5.41) is 0. The summed E-state index contributed by atoms with van der Waals surface area (Å²) in [6.45, 7) is 38.6. The van der Waals surface area contributed by atoms with Gasteiger partial charge in [-0.2, -0.15) is 0 Å². The van der Waals surface area contributed by atoms with Crippen LogP contribution in [0, 0.1) is 13.8 Å². The van der Waals surface area contributed by atoms with Crippen molar-refractivity contribution in [1.82, 2.24) is 0 Å². The molecule has 7 aromatic carbocycles. The van der Waals surface area contributed by atoms with Crippen molar-refractivity contribution in [3.63, 3.8) is 0 Å². The van der Waals surface area contributed by atoms with E-state index in [4.69, 9.17) is 0 Å². The van der Waals surface area contributed by atoms with E-state index in [9.17, 15) is 0 Å². The van der Waals surface area contributed by atoms with Crippen molar-refractivity contribution in [2.24, 2.45) is 0 Å². The predicted octanol–water partition coefficient (Wildman–Crippen LogP) is 16.8. The fraction of sp³-hybridized carbons (Fsp3) is 0.373. The second-order valence-electron chi connectivity index (χ2n) is 26.6. The second-order valence-corrected chi connectivity index (χ2v) is 26.6. The number of nitrogens with zero attached hydrogens (tertiary/aromatic N) is 3. The third-order valence-electron chi connectivity index (χ3n) is 17.4. The van der Waals surface area contributed by atoms with Gasteiger partial charge in [0.25, 0.3) is 6.71 Å². The quantitative estimate of drug-likeness (QED) is 0.159. The monoisotopic (exact) mass is 934 g/mol. The Balaban J connectivity index is 1.29. The number of anilines is 9. The zero-order valence-corrected chi connectivity index (χ0v) is 45.7. The molecular weight excluding hydrogens is 858 g/mol. The predicted molar refractivity (Wildman–Crippen MR) is 308 cm³/mol. The Morgan fingerprint density at radius 1 is 0.408 bits per heavy atom. The largest absolute Gasteiger partial charge is 0.311 e. The van der Waals surface area contributed by atoms with Crippen molar-refractivity contribution < 1.29 is 0 Å². The molecule has 0 saturated heterocycles. The molecule has 7 aromatic rings. The van der Waals surface area contributed by atoms with Crippen LogP contribution in [0.15, 0.2) is 133 Å².